The number of amides is 1. The Labute approximate surface area is 174 Å². The predicted molar refractivity (Wildman–Crippen MR) is 114 cm³/mol. The van der Waals surface area contributed by atoms with E-state index in [1.807, 2.05) is 57.2 Å². The normalized spacial score (nSPS) is 15.7. The highest BCUT2D eigenvalue weighted by Gasteiger charge is 2.42. The third-order valence-corrected chi connectivity index (χ3v) is 5.44. The summed E-state index contributed by atoms with van der Waals surface area (Å²) < 4.78 is 11.7. The fraction of sp³-hybridized carbons (Fsp3) is 0.333. The molecule has 0 bridgehead atoms. The summed E-state index contributed by atoms with van der Waals surface area (Å²) in [6.45, 7) is 6.49. The zero-order chi connectivity index (χ0) is 21.4. The van der Waals surface area contributed by atoms with E-state index in [0.29, 0.717) is 41.9 Å². The molecule has 0 aliphatic carbocycles. The van der Waals surface area contributed by atoms with Crippen LogP contribution in [0, 0.1) is 13.8 Å². The van der Waals surface area contributed by atoms with Crippen LogP contribution in [0.5, 0.6) is 5.75 Å². The second kappa shape index (κ2) is 7.95. The number of aliphatic hydroxyl groups is 1. The van der Waals surface area contributed by atoms with Crippen LogP contribution in [0.1, 0.15) is 52.2 Å². The van der Waals surface area contributed by atoms with Crippen molar-refractivity contribution in [3.63, 3.8) is 0 Å². The zero-order valence-corrected chi connectivity index (χ0v) is 17.4. The van der Waals surface area contributed by atoms with Gasteiger partial charge in [-0.3, -0.25) is 9.59 Å². The number of aliphatic hydroxyl groups excluding tert-OH is 1. The first-order chi connectivity index (χ1) is 14.5. The van der Waals surface area contributed by atoms with Gasteiger partial charge in [-0.15, -0.1) is 0 Å². The van der Waals surface area contributed by atoms with Crippen molar-refractivity contribution in [1.82, 2.24) is 4.90 Å². The van der Waals surface area contributed by atoms with E-state index in [-0.39, 0.29) is 23.7 Å². The average molecular weight is 407 g/mol. The van der Waals surface area contributed by atoms with E-state index in [1.54, 1.807) is 4.90 Å². The molecule has 30 heavy (non-hydrogen) atoms. The summed E-state index contributed by atoms with van der Waals surface area (Å²) in [6.07, 6.45) is 0.410. The average Bonchev–Trinajstić information content (AvgIpc) is 3.00. The van der Waals surface area contributed by atoms with Gasteiger partial charge in [-0.25, -0.2) is 0 Å². The smallest absolute Gasteiger partial charge is 0.290 e. The molecular formula is C24H25NO5. The van der Waals surface area contributed by atoms with Gasteiger partial charge in [0.25, 0.3) is 5.91 Å². The van der Waals surface area contributed by atoms with Crippen molar-refractivity contribution in [3.05, 3.63) is 74.6 Å². The van der Waals surface area contributed by atoms with Crippen LogP contribution in [0.2, 0.25) is 0 Å². The molecule has 6 heteroatoms. The van der Waals surface area contributed by atoms with E-state index in [4.69, 9.17) is 9.15 Å². The summed E-state index contributed by atoms with van der Waals surface area (Å²) in [5, 5.41) is 9.81. The molecule has 0 radical (unpaired) electrons. The number of aryl methyl sites for hydroxylation is 2. The van der Waals surface area contributed by atoms with E-state index < -0.39 is 6.04 Å². The second-order valence-electron chi connectivity index (χ2n) is 7.62. The molecule has 1 unspecified atom stereocenters. The van der Waals surface area contributed by atoms with Crippen LogP contribution in [-0.2, 0) is 0 Å². The lowest BCUT2D eigenvalue weighted by Crippen LogP contribution is -2.31. The van der Waals surface area contributed by atoms with Gasteiger partial charge in [-0.2, -0.15) is 0 Å². The minimum absolute atomic E-state index is 0.0481. The molecule has 2 heterocycles. The standard InChI is InChI=1S/C24H25NO5/c1-4-29-17-8-5-7-16(13-17)20-19-21(27)18-12-14(2)11-15(3)22(18)30-23(19)24(28)25(20)9-6-10-26/h5,7-8,11-13,20,26H,4,6,9-10H2,1-3H3. The van der Waals surface area contributed by atoms with E-state index in [1.165, 1.54) is 0 Å². The molecule has 0 spiro atoms. The van der Waals surface area contributed by atoms with Crippen LogP contribution in [0.3, 0.4) is 0 Å². The zero-order valence-electron chi connectivity index (χ0n) is 17.4. The van der Waals surface area contributed by atoms with Gasteiger partial charge in [-0.05, 0) is 62.1 Å². The SMILES string of the molecule is CCOc1cccc(C2c3c(oc4c(C)cc(C)cc4c3=O)C(=O)N2CCCO)c1. The van der Waals surface area contributed by atoms with Crippen molar-refractivity contribution in [2.24, 2.45) is 0 Å². The van der Waals surface area contributed by atoms with Crippen LogP contribution >= 0.6 is 0 Å². The number of hydrogen-bond acceptors (Lipinski definition) is 5. The van der Waals surface area contributed by atoms with E-state index >= 15 is 0 Å². The van der Waals surface area contributed by atoms with Crippen LogP contribution in [0.25, 0.3) is 11.0 Å². The Hall–Kier alpha value is -3.12. The molecule has 0 saturated heterocycles. The van der Waals surface area contributed by atoms with Gasteiger partial charge < -0.3 is 19.2 Å². The van der Waals surface area contributed by atoms with Crippen molar-refractivity contribution < 1.29 is 19.1 Å². The van der Waals surface area contributed by atoms with Crippen LogP contribution in [-0.4, -0.2) is 35.7 Å². The Bertz CT molecular complexity index is 1180. The van der Waals surface area contributed by atoms with Crippen LogP contribution in [0.4, 0.5) is 0 Å². The lowest BCUT2D eigenvalue weighted by molar-refractivity contribution is 0.0716. The topological polar surface area (TPSA) is 80.0 Å². The van der Waals surface area contributed by atoms with Crippen molar-refractivity contribution in [1.29, 1.82) is 0 Å². The summed E-state index contributed by atoms with van der Waals surface area (Å²) in [7, 11) is 0. The minimum atomic E-state index is -0.582. The first-order valence-corrected chi connectivity index (χ1v) is 10.2. The number of carbonyl (C=O) groups is 1. The molecule has 1 aromatic heterocycles. The maximum atomic E-state index is 13.6. The second-order valence-corrected chi connectivity index (χ2v) is 7.62. The maximum Gasteiger partial charge on any atom is 0.290 e. The number of hydrogen-bond donors (Lipinski definition) is 1. The summed E-state index contributed by atoms with van der Waals surface area (Å²) in [4.78, 5) is 28.4. The molecule has 0 saturated carbocycles. The Morgan fingerprint density at radius 1 is 1.17 bits per heavy atom. The number of rotatable bonds is 6. The Kier molecular flexibility index (Phi) is 5.35. The summed E-state index contributed by atoms with van der Waals surface area (Å²) in [5.74, 6) is 0.434. The Balaban J connectivity index is 1.97. The minimum Gasteiger partial charge on any atom is -0.494 e. The number of nitrogens with zero attached hydrogens (tertiary/aromatic N) is 1. The van der Waals surface area contributed by atoms with Gasteiger partial charge >= 0.3 is 0 Å². The van der Waals surface area contributed by atoms with Gasteiger partial charge in [-0.1, -0.05) is 18.2 Å². The largest absolute Gasteiger partial charge is 0.494 e. The lowest BCUT2D eigenvalue weighted by atomic mass is 9.97. The highest BCUT2D eigenvalue weighted by atomic mass is 16.5. The van der Waals surface area contributed by atoms with E-state index in [9.17, 15) is 14.7 Å². The van der Waals surface area contributed by atoms with Crippen LogP contribution in [0.15, 0.2) is 45.6 Å². The van der Waals surface area contributed by atoms with E-state index in [2.05, 4.69) is 0 Å². The number of fused-ring (bicyclic) bond motifs is 2. The third-order valence-electron chi connectivity index (χ3n) is 5.44. The highest BCUT2D eigenvalue weighted by Crippen LogP contribution is 2.39. The molecule has 6 nitrogen and oxygen atoms in total. The molecule has 1 aliphatic heterocycles. The van der Waals surface area contributed by atoms with Gasteiger partial charge in [0.05, 0.1) is 23.6 Å². The van der Waals surface area contributed by atoms with Gasteiger partial charge in [0.1, 0.15) is 11.3 Å². The van der Waals surface area contributed by atoms with Crippen molar-refractivity contribution in [2.45, 2.75) is 33.2 Å². The first kappa shape index (κ1) is 20.2. The highest BCUT2D eigenvalue weighted by molar-refractivity contribution is 5.99. The number of carbonyl (C=O) groups excluding carboxylic acids is 1. The fourth-order valence-electron chi connectivity index (χ4n) is 4.23. The molecular weight excluding hydrogens is 382 g/mol. The number of benzene rings is 2. The quantitative estimate of drug-likeness (QED) is 0.673. The summed E-state index contributed by atoms with van der Waals surface area (Å²) in [6, 6.07) is 10.6. The molecule has 3 aromatic rings. The third kappa shape index (κ3) is 3.27. The van der Waals surface area contributed by atoms with Gasteiger partial charge in [0.2, 0.25) is 5.76 Å². The fourth-order valence-corrected chi connectivity index (χ4v) is 4.23. The van der Waals surface area contributed by atoms with Crippen molar-refractivity contribution in [3.8, 4) is 5.75 Å². The monoisotopic (exact) mass is 407 g/mol. The summed E-state index contributed by atoms with van der Waals surface area (Å²) in [5.41, 5.74) is 3.17. The molecule has 2 aromatic carbocycles. The molecule has 156 valence electrons. The number of ether oxygens (including phenoxy) is 1. The lowest BCUT2D eigenvalue weighted by Gasteiger charge is -2.25. The molecule has 1 N–H and O–H groups in total. The van der Waals surface area contributed by atoms with Crippen LogP contribution < -0.4 is 10.2 Å². The Morgan fingerprint density at radius 3 is 2.70 bits per heavy atom. The van der Waals surface area contributed by atoms with Crippen molar-refractivity contribution >= 4 is 16.9 Å². The molecule has 4 rings (SSSR count). The first-order valence-electron chi connectivity index (χ1n) is 10.2. The summed E-state index contributed by atoms with van der Waals surface area (Å²) >= 11 is 0. The molecule has 1 amide bonds. The maximum absolute atomic E-state index is 13.6. The Morgan fingerprint density at radius 2 is 1.97 bits per heavy atom. The predicted octanol–water partition coefficient (Wildman–Crippen LogP) is 3.74. The van der Waals surface area contributed by atoms with Crippen molar-refractivity contribution in [2.75, 3.05) is 19.8 Å². The molecule has 1 aliphatic rings. The molecule has 1 atom stereocenters. The van der Waals surface area contributed by atoms with Gasteiger partial charge in [0.15, 0.2) is 5.43 Å². The van der Waals surface area contributed by atoms with E-state index in [0.717, 1.165) is 16.7 Å². The van der Waals surface area contributed by atoms with Gasteiger partial charge in [0, 0.05) is 13.2 Å². The molecule has 0 fully saturated rings.